The SMILES string of the molecule is CC(=O)c1c(C)cc2oc(=O)cc(C)c2c1OCCCCN1CCN(c2ccc([N+](=O)[O-])cc2)CC1. The van der Waals surface area contributed by atoms with E-state index in [1.165, 1.54) is 13.0 Å². The van der Waals surface area contributed by atoms with Crippen LogP contribution < -0.4 is 15.3 Å². The molecule has 9 heteroatoms. The van der Waals surface area contributed by atoms with E-state index >= 15 is 0 Å². The molecule has 2 aromatic carbocycles. The van der Waals surface area contributed by atoms with Gasteiger partial charge in [-0.2, -0.15) is 0 Å². The number of fused-ring (bicyclic) bond motifs is 1. The van der Waals surface area contributed by atoms with Crippen molar-refractivity contribution >= 4 is 28.1 Å². The van der Waals surface area contributed by atoms with Gasteiger partial charge in [0.25, 0.3) is 5.69 Å². The van der Waals surface area contributed by atoms with Gasteiger partial charge in [-0.25, -0.2) is 4.79 Å². The molecule has 36 heavy (non-hydrogen) atoms. The van der Waals surface area contributed by atoms with E-state index in [2.05, 4.69) is 9.80 Å². The van der Waals surface area contributed by atoms with Gasteiger partial charge >= 0.3 is 5.63 Å². The van der Waals surface area contributed by atoms with Gasteiger partial charge in [0.2, 0.25) is 0 Å². The van der Waals surface area contributed by atoms with Crippen molar-refractivity contribution in [3.8, 4) is 5.75 Å². The van der Waals surface area contributed by atoms with Crippen LogP contribution in [-0.4, -0.2) is 54.9 Å². The Kier molecular flexibility index (Phi) is 7.69. The molecule has 9 nitrogen and oxygen atoms in total. The third-order valence-electron chi connectivity index (χ3n) is 6.65. The van der Waals surface area contributed by atoms with Gasteiger partial charge in [0, 0.05) is 50.1 Å². The van der Waals surface area contributed by atoms with Gasteiger partial charge in [0.05, 0.1) is 22.5 Å². The zero-order chi connectivity index (χ0) is 25.8. The lowest BCUT2D eigenvalue weighted by Gasteiger charge is -2.36. The van der Waals surface area contributed by atoms with Crippen molar-refractivity contribution in [1.29, 1.82) is 0 Å². The molecular formula is C27H31N3O6. The van der Waals surface area contributed by atoms with E-state index in [1.54, 1.807) is 18.2 Å². The number of rotatable bonds is 9. The predicted octanol–water partition coefficient (Wildman–Crippen LogP) is 4.50. The minimum Gasteiger partial charge on any atom is -0.492 e. The number of carbonyl (C=O) groups is 1. The lowest BCUT2D eigenvalue weighted by Crippen LogP contribution is -2.46. The van der Waals surface area contributed by atoms with Crippen LogP contribution in [0, 0.1) is 24.0 Å². The second kappa shape index (κ2) is 10.9. The molecule has 3 aromatic rings. The van der Waals surface area contributed by atoms with Crippen molar-refractivity contribution in [3.63, 3.8) is 0 Å². The quantitative estimate of drug-likeness (QED) is 0.141. The van der Waals surface area contributed by atoms with Crippen LogP contribution in [0.15, 0.2) is 45.6 Å². The predicted molar refractivity (Wildman–Crippen MR) is 138 cm³/mol. The number of anilines is 1. The monoisotopic (exact) mass is 493 g/mol. The van der Waals surface area contributed by atoms with E-state index in [1.807, 2.05) is 26.0 Å². The van der Waals surface area contributed by atoms with E-state index in [9.17, 15) is 19.7 Å². The highest BCUT2D eigenvalue weighted by Crippen LogP contribution is 2.35. The number of nitrogens with zero attached hydrogens (tertiary/aromatic N) is 3. The zero-order valence-electron chi connectivity index (χ0n) is 20.9. The van der Waals surface area contributed by atoms with Gasteiger partial charge in [-0.05, 0) is 69.5 Å². The largest absolute Gasteiger partial charge is 0.492 e. The lowest BCUT2D eigenvalue weighted by atomic mass is 9.98. The molecule has 0 radical (unpaired) electrons. The Bertz CT molecular complexity index is 1320. The van der Waals surface area contributed by atoms with Crippen LogP contribution in [0.1, 0.15) is 41.3 Å². The molecular weight excluding hydrogens is 462 g/mol. The Morgan fingerprint density at radius 2 is 1.75 bits per heavy atom. The molecule has 1 aliphatic rings. The maximum atomic E-state index is 12.4. The summed E-state index contributed by atoms with van der Waals surface area (Å²) in [6.07, 6.45) is 1.77. The smallest absolute Gasteiger partial charge is 0.336 e. The summed E-state index contributed by atoms with van der Waals surface area (Å²) in [5.41, 5.74) is 3.11. The van der Waals surface area contributed by atoms with Crippen LogP contribution in [0.25, 0.3) is 11.0 Å². The normalized spacial score (nSPS) is 14.2. The molecule has 0 saturated carbocycles. The van der Waals surface area contributed by atoms with Crippen LogP contribution in [0.4, 0.5) is 11.4 Å². The van der Waals surface area contributed by atoms with Crippen molar-refractivity contribution in [2.24, 2.45) is 0 Å². The Morgan fingerprint density at radius 3 is 2.39 bits per heavy atom. The standard InChI is InChI=1S/C27H31N3O6/c1-18-16-23-26(19(2)17-24(32)36-23)27(25(18)20(3)31)35-15-5-4-10-28-11-13-29(14-12-28)21-6-8-22(9-7-21)30(33)34/h6-9,16-17H,4-5,10-15H2,1-3H3. The zero-order valence-corrected chi connectivity index (χ0v) is 20.9. The van der Waals surface area contributed by atoms with Crippen molar-refractivity contribution in [2.45, 2.75) is 33.6 Å². The fourth-order valence-corrected chi connectivity index (χ4v) is 4.81. The summed E-state index contributed by atoms with van der Waals surface area (Å²) in [5, 5.41) is 11.5. The molecule has 1 fully saturated rings. The number of nitro groups is 1. The molecule has 1 aliphatic heterocycles. The van der Waals surface area contributed by atoms with Gasteiger partial charge in [0.15, 0.2) is 5.78 Å². The fraction of sp³-hybridized carbons (Fsp3) is 0.407. The summed E-state index contributed by atoms with van der Waals surface area (Å²) < 4.78 is 11.5. The van der Waals surface area contributed by atoms with Crippen LogP contribution in [-0.2, 0) is 0 Å². The number of aryl methyl sites for hydroxylation is 2. The molecule has 0 aliphatic carbocycles. The maximum absolute atomic E-state index is 12.4. The van der Waals surface area contributed by atoms with Crippen molar-refractivity contribution in [3.05, 3.63) is 73.6 Å². The average Bonchev–Trinajstić information content (AvgIpc) is 2.83. The molecule has 0 bridgehead atoms. The number of ether oxygens (including phenoxy) is 1. The summed E-state index contributed by atoms with van der Waals surface area (Å²) in [6, 6.07) is 9.86. The Labute approximate surface area is 209 Å². The van der Waals surface area contributed by atoms with Crippen LogP contribution in [0.2, 0.25) is 0 Å². The van der Waals surface area contributed by atoms with E-state index in [0.29, 0.717) is 28.9 Å². The highest BCUT2D eigenvalue weighted by molar-refractivity contribution is 6.04. The van der Waals surface area contributed by atoms with Crippen molar-refractivity contribution < 1.29 is 18.9 Å². The molecule has 1 saturated heterocycles. The highest BCUT2D eigenvalue weighted by atomic mass is 16.6. The molecule has 0 N–H and O–H groups in total. The van der Waals surface area contributed by atoms with E-state index < -0.39 is 5.63 Å². The Balaban J connectivity index is 1.30. The molecule has 4 rings (SSSR count). The summed E-state index contributed by atoms with van der Waals surface area (Å²) >= 11 is 0. The number of piperazine rings is 1. The number of unbranched alkanes of at least 4 members (excludes halogenated alkanes) is 1. The number of benzene rings is 2. The fourth-order valence-electron chi connectivity index (χ4n) is 4.81. The topological polar surface area (TPSA) is 106 Å². The second-order valence-electron chi connectivity index (χ2n) is 9.23. The average molecular weight is 494 g/mol. The maximum Gasteiger partial charge on any atom is 0.336 e. The third-order valence-corrected chi connectivity index (χ3v) is 6.65. The van der Waals surface area contributed by atoms with Gasteiger partial charge in [-0.1, -0.05) is 0 Å². The number of ketones is 1. The van der Waals surface area contributed by atoms with Gasteiger partial charge in [-0.15, -0.1) is 0 Å². The molecule has 1 aromatic heterocycles. The van der Waals surface area contributed by atoms with Crippen molar-refractivity contribution in [2.75, 3.05) is 44.2 Å². The van der Waals surface area contributed by atoms with E-state index in [0.717, 1.165) is 62.4 Å². The number of nitro benzene ring substituents is 1. The van der Waals surface area contributed by atoms with Crippen molar-refractivity contribution in [1.82, 2.24) is 4.90 Å². The first-order chi connectivity index (χ1) is 17.2. The van der Waals surface area contributed by atoms with Crippen LogP contribution in [0.3, 0.4) is 0 Å². The number of carbonyl (C=O) groups excluding carboxylic acids is 1. The molecule has 0 spiro atoms. The Hall–Kier alpha value is -3.72. The van der Waals surface area contributed by atoms with Gasteiger partial charge in [-0.3, -0.25) is 19.8 Å². The first-order valence-electron chi connectivity index (χ1n) is 12.2. The van der Waals surface area contributed by atoms with E-state index in [4.69, 9.17) is 9.15 Å². The van der Waals surface area contributed by atoms with Crippen LogP contribution >= 0.6 is 0 Å². The molecule has 0 unspecified atom stereocenters. The van der Waals surface area contributed by atoms with Crippen LogP contribution in [0.5, 0.6) is 5.75 Å². The van der Waals surface area contributed by atoms with Gasteiger partial charge < -0.3 is 14.1 Å². The first kappa shape index (κ1) is 25.4. The van der Waals surface area contributed by atoms with Gasteiger partial charge in [0.1, 0.15) is 11.3 Å². The number of non-ortho nitro benzene ring substituents is 1. The summed E-state index contributed by atoms with van der Waals surface area (Å²) in [4.78, 5) is 39.3. The molecule has 0 amide bonds. The molecule has 2 heterocycles. The molecule has 0 atom stereocenters. The number of hydrogen-bond donors (Lipinski definition) is 0. The highest BCUT2D eigenvalue weighted by Gasteiger charge is 2.20. The lowest BCUT2D eigenvalue weighted by molar-refractivity contribution is -0.384. The number of hydrogen-bond acceptors (Lipinski definition) is 8. The number of Topliss-reactive ketones (excluding diaryl/α,β-unsaturated/α-hetero) is 1. The summed E-state index contributed by atoms with van der Waals surface area (Å²) in [5.74, 6) is 0.413. The second-order valence-corrected chi connectivity index (χ2v) is 9.23. The molecule has 190 valence electrons. The first-order valence-corrected chi connectivity index (χ1v) is 12.2. The van der Waals surface area contributed by atoms with E-state index in [-0.39, 0.29) is 16.4 Å². The Morgan fingerprint density at radius 1 is 1.06 bits per heavy atom. The minimum atomic E-state index is -0.422. The third kappa shape index (κ3) is 5.57. The summed E-state index contributed by atoms with van der Waals surface area (Å²) in [7, 11) is 0. The summed E-state index contributed by atoms with van der Waals surface area (Å²) in [6.45, 7) is 10.2. The minimum absolute atomic E-state index is 0.0825.